The van der Waals surface area contributed by atoms with Crippen LogP contribution in [0.4, 0.5) is 18.9 Å². The van der Waals surface area contributed by atoms with Crippen LogP contribution in [0.2, 0.25) is 0 Å². The molecule has 0 unspecified atom stereocenters. The third kappa shape index (κ3) is 4.84. The van der Waals surface area contributed by atoms with Gasteiger partial charge < -0.3 is 10.1 Å². The first-order valence-corrected chi connectivity index (χ1v) is 9.20. The average molecular weight is 384 g/mol. The Morgan fingerprint density at radius 2 is 2.12 bits per heavy atom. The van der Waals surface area contributed by atoms with Crippen molar-refractivity contribution in [2.24, 2.45) is 0 Å². The lowest BCUT2D eigenvalue weighted by Gasteiger charge is -2.24. The lowest BCUT2D eigenvalue weighted by molar-refractivity contribution is -0.117. The molecule has 0 spiro atoms. The Hall–Kier alpha value is -1.90. The van der Waals surface area contributed by atoms with Gasteiger partial charge in [0.15, 0.2) is 17.5 Å². The largest absolute Gasteiger partial charge is 0.377 e. The predicted octanol–water partition coefficient (Wildman–Crippen LogP) is 3.79. The molecular formula is C18H19F3N2O2S. The lowest BCUT2D eigenvalue weighted by atomic mass is 10.2. The quantitative estimate of drug-likeness (QED) is 0.739. The fourth-order valence-corrected chi connectivity index (χ4v) is 3.65. The number of hydrogen-bond acceptors (Lipinski definition) is 4. The van der Waals surface area contributed by atoms with Gasteiger partial charge in [-0.1, -0.05) is 6.07 Å². The van der Waals surface area contributed by atoms with Gasteiger partial charge in [0.05, 0.1) is 18.3 Å². The highest BCUT2D eigenvalue weighted by Gasteiger charge is 2.22. The van der Waals surface area contributed by atoms with Crippen LogP contribution < -0.4 is 5.32 Å². The highest BCUT2D eigenvalue weighted by atomic mass is 32.1. The Kier molecular flexibility index (Phi) is 6.29. The summed E-state index contributed by atoms with van der Waals surface area (Å²) in [7, 11) is 0. The highest BCUT2D eigenvalue weighted by molar-refractivity contribution is 7.09. The van der Waals surface area contributed by atoms with Gasteiger partial charge in [0.1, 0.15) is 0 Å². The highest BCUT2D eigenvalue weighted by Crippen LogP contribution is 2.20. The van der Waals surface area contributed by atoms with Crippen molar-refractivity contribution in [1.29, 1.82) is 0 Å². The number of amides is 1. The molecule has 1 N–H and O–H groups in total. The Balaban J connectivity index is 1.65. The molecule has 26 heavy (non-hydrogen) atoms. The molecule has 0 radical (unpaired) electrons. The lowest BCUT2D eigenvalue weighted by Crippen LogP contribution is -2.37. The Bertz CT molecular complexity index is 749. The monoisotopic (exact) mass is 384 g/mol. The van der Waals surface area contributed by atoms with E-state index in [-0.39, 0.29) is 18.3 Å². The van der Waals surface area contributed by atoms with E-state index in [1.165, 1.54) is 0 Å². The van der Waals surface area contributed by atoms with E-state index in [1.54, 1.807) is 11.3 Å². The molecule has 1 aliphatic rings. The zero-order valence-electron chi connectivity index (χ0n) is 14.0. The molecule has 1 aliphatic heterocycles. The van der Waals surface area contributed by atoms with Crippen molar-refractivity contribution in [3.63, 3.8) is 0 Å². The third-order valence-electron chi connectivity index (χ3n) is 4.12. The fraction of sp³-hybridized carbons (Fsp3) is 0.389. The van der Waals surface area contributed by atoms with Gasteiger partial charge in [-0.25, -0.2) is 13.2 Å². The fourth-order valence-electron chi connectivity index (χ4n) is 2.90. The number of nitrogens with zero attached hydrogens (tertiary/aromatic N) is 1. The molecule has 1 amide bonds. The van der Waals surface area contributed by atoms with Crippen molar-refractivity contribution >= 4 is 22.9 Å². The molecule has 0 bridgehead atoms. The summed E-state index contributed by atoms with van der Waals surface area (Å²) < 4.78 is 45.7. The van der Waals surface area contributed by atoms with Crippen LogP contribution in [0.5, 0.6) is 0 Å². The Labute approximate surface area is 153 Å². The average Bonchev–Trinajstić information content (AvgIpc) is 3.29. The Morgan fingerprint density at radius 3 is 2.81 bits per heavy atom. The topological polar surface area (TPSA) is 41.6 Å². The molecule has 0 saturated carbocycles. The maximum Gasteiger partial charge on any atom is 0.238 e. The predicted molar refractivity (Wildman–Crippen MR) is 93.5 cm³/mol. The van der Waals surface area contributed by atoms with Crippen LogP contribution in [0, 0.1) is 17.5 Å². The van der Waals surface area contributed by atoms with Gasteiger partial charge in [0.25, 0.3) is 0 Å². The smallest absolute Gasteiger partial charge is 0.238 e. The van der Waals surface area contributed by atoms with Crippen LogP contribution in [0.25, 0.3) is 0 Å². The first-order chi connectivity index (χ1) is 12.5. The molecule has 8 heteroatoms. The first kappa shape index (κ1) is 18.9. The molecule has 1 aromatic heterocycles. The molecule has 1 atom stereocenters. The van der Waals surface area contributed by atoms with Crippen LogP contribution in [0.3, 0.4) is 0 Å². The van der Waals surface area contributed by atoms with E-state index >= 15 is 0 Å². The van der Waals surface area contributed by atoms with Gasteiger partial charge in [-0.05, 0) is 36.4 Å². The molecular weight excluding hydrogens is 365 g/mol. The number of anilines is 1. The molecule has 1 fully saturated rings. The van der Waals surface area contributed by atoms with Crippen molar-refractivity contribution in [2.45, 2.75) is 25.5 Å². The summed E-state index contributed by atoms with van der Waals surface area (Å²) in [6.07, 6.45) is 1.98. The number of rotatable bonds is 7. The summed E-state index contributed by atoms with van der Waals surface area (Å²) in [4.78, 5) is 15.3. The maximum absolute atomic E-state index is 13.7. The van der Waals surface area contributed by atoms with E-state index in [2.05, 4.69) is 5.32 Å². The van der Waals surface area contributed by atoms with Gasteiger partial charge >= 0.3 is 0 Å². The maximum atomic E-state index is 13.7. The minimum Gasteiger partial charge on any atom is -0.377 e. The van der Waals surface area contributed by atoms with Crippen molar-refractivity contribution in [3.8, 4) is 0 Å². The number of ether oxygens (including phenoxy) is 1. The van der Waals surface area contributed by atoms with Crippen molar-refractivity contribution < 1.29 is 22.7 Å². The van der Waals surface area contributed by atoms with E-state index in [9.17, 15) is 18.0 Å². The standard InChI is InChI=1S/C18H19F3N2O2S/c19-14-5-6-15(18(21)17(14)20)22-16(24)11-23(9-12-3-1-7-25-12)10-13-4-2-8-26-13/h2,4-6,8,12H,1,3,7,9-11H2,(H,22,24)/t12-/m0/s1. The summed E-state index contributed by atoms with van der Waals surface area (Å²) >= 11 is 1.58. The van der Waals surface area contributed by atoms with Gasteiger partial charge in [-0.2, -0.15) is 0 Å². The van der Waals surface area contributed by atoms with Gasteiger partial charge in [0, 0.05) is 24.6 Å². The molecule has 2 aromatic rings. The van der Waals surface area contributed by atoms with E-state index in [0.29, 0.717) is 19.7 Å². The van der Waals surface area contributed by atoms with E-state index in [1.807, 2.05) is 22.4 Å². The summed E-state index contributed by atoms with van der Waals surface area (Å²) in [5.74, 6) is -4.79. The molecule has 1 aromatic carbocycles. The van der Waals surface area contributed by atoms with Crippen LogP contribution >= 0.6 is 11.3 Å². The number of carbonyl (C=O) groups is 1. The SMILES string of the molecule is O=C(CN(Cc1cccs1)C[C@@H]1CCCO1)Nc1ccc(F)c(F)c1F. The normalized spacial score (nSPS) is 17.0. The number of benzene rings is 1. The second-order valence-corrected chi connectivity index (χ2v) is 7.19. The van der Waals surface area contributed by atoms with E-state index < -0.39 is 23.4 Å². The van der Waals surface area contributed by atoms with Crippen LogP contribution in [0.15, 0.2) is 29.6 Å². The molecule has 4 nitrogen and oxygen atoms in total. The van der Waals surface area contributed by atoms with Gasteiger partial charge in [-0.15, -0.1) is 11.3 Å². The van der Waals surface area contributed by atoms with Crippen molar-refractivity contribution in [1.82, 2.24) is 4.90 Å². The third-order valence-corrected chi connectivity index (χ3v) is 4.98. The summed E-state index contributed by atoms with van der Waals surface area (Å²) in [6.45, 7) is 1.84. The minimum atomic E-state index is -1.60. The number of halogens is 3. The van der Waals surface area contributed by atoms with Crippen molar-refractivity contribution in [3.05, 3.63) is 52.0 Å². The molecule has 3 rings (SSSR count). The molecule has 2 heterocycles. The van der Waals surface area contributed by atoms with Gasteiger partial charge in [-0.3, -0.25) is 9.69 Å². The second kappa shape index (κ2) is 8.66. The van der Waals surface area contributed by atoms with Gasteiger partial charge in [0.2, 0.25) is 5.91 Å². The summed E-state index contributed by atoms with van der Waals surface area (Å²) in [5, 5.41) is 4.27. The number of thiophene rings is 1. The van der Waals surface area contributed by atoms with Crippen LogP contribution in [-0.2, 0) is 16.1 Å². The molecule has 140 valence electrons. The Morgan fingerprint density at radius 1 is 1.27 bits per heavy atom. The van der Waals surface area contributed by atoms with Crippen LogP contribution in [0.1, 0.15) is 17.7 Å². The zero-order valence-corrected chi connectivity index (χ0v) is 14.8. The zero-order chi connectivity index (χ0) is 18.5. The first-order valence-electron chi connectivity index (χ1n) is 8.32. The molecule has 0 aliphatic carbocycles. The molecule has 1 saturated heterocycles. The van der Waals surface area contributed by atoms with Crippen molar-refractivity contribution in [2.75, 3.05) is 25.0 Å². The minimum absolute atomic E-state index is 0.00377. The second-order valence-electron chi connectivity index (χ2n) is 6.16. The number of hydrogen-bond donors (Lipinski definition) is 1. The van der Waals surface area contributed by atoms with Crippen LogP contribution in [-0.4, -0.2) is 36.6 Å². The van der Waals surface area contributed by atoms with E-state index in [4.69, 9.17) is 4.74 Å². The number of carbonyl (C=O) groups excluding carboxylic acids is 1. The van der Waals surface area contributed by atoms with E-state index in [0.717, 1.165) is 29.9 Å². The summed E-state index contributed by atoms with van der Waals surface area (Å²) in [5.41, 5.74) is -0.373. The number of nitrogens with one attached hydrogen (secondary N) is 1. The summed E-state index contributed by atoms with van der Waals surface area (Å²) in [6, 6.07) is 5.69.